The molecule has 0 fully saturated rings. The van der Waals surface area contributed by atoms with Crippen LogP contribution in [-0.4, -0.2) is 20.6 Å². The third kappa shape index (κ3) is 3.32. The number of rotatable bonds is 4. The SMILES string of the molecule is CC(C(=O)Nc1c(Cl)cccc1Cl)n1cc([N+](=O)[O-])cn1. The van der Waals surface area contributed by atoms with Crippen molar-refractivity contribution in [3.63, 3.8) is 0 Å². The second-order valence-electron chi connectivity index (χ2n) is 4.20. The van der Waals surface area contributed by atoms with Crippen molar-refractivity contribution < 1.29 is 9.72 Å². The molecule has 0 bridgehead atoms. The molecule has 0 saturated carbocycles. The standard InChI is InChI=1S/C12H10Cl2N4O3/c1-7(17-6-8(5-15-17)18(20)21)12(19)16-11-9(13)3-2-4-10(11)14/h2-7H,1H3,(H,16,19). The minimum atomic E-state index is -0.758. The number of hydrogen-bond donors (Lipinski definition) is 1. The number of halogens is 2. The van der Waals surface area contributed by atoms with Crippen LogP contribution in [0.2, 0.25) is 10.0 Å². The van der Waals surface area contributed by atoms with Gasteiger partial charge in [-0.05, 0) is 19.1 Å². The highest BCUT2D eigenvalue weighted by molar-refractivity contribution is 6.39. The summed E-state index contributed by atoms with van der Waals surface area (Å²) in [5.41, 5.74) is 0.102. The van der Waals surface area contributed by atoms with Crippen LogP contribution in [0.15, 0.2) is 30.6 Å². The number of nitrogens with zero attached hydrogens (tertiary/aromatic N) is 3. The average molecular weight is 329 g/mol. The van der Waals surface area contributed by atoms with E-state index in [0.29, 0.717) is 15.7 Å². The van der Waals surface area contributed by atoms with Crippen molar-refractivity contribution in [1.29, 1.82) is 0 Å². The van der Waals surface area contributed by atoms with Crippen LogP contribution in [0.4, 0.5) is 11.4 Å². The topological polar surface area (TPSA) is 90.1 Å². The van der Waals surface area contributed by atoms with E-state index in [1.165, 1.54) is 10.9 Å². The van der Waals surface area contributed by atoms with E-state index in [2.05, 4.69) is 10.4 Å². The fourth-order valence-electron chi connectivity index (χ4n) is 1.60. The summed E-state index contributed by atoms with van der Waals surface area (Å²) in [5.74, 6) is -0.442. The predicted molar refractivity (Wildman–Crippen MR) is 78.7 cm³/mol. The molecule has 1 atom stereocenters. The number of benzene rings is 1. The summed E-state index contributed by atoms with van der Waals surface area (Å²) in [6.45, 7) is 1.55. The first-order valence-corrected chi connectivity index (χ1v) is 6.59. The van der Waals surface area contributed by atoms with E-state index in [-0.39, 0.29) is 5.69 Å². The Bertz CT molecular complexity index is 681. The van der Waals surface area contributed by atoms with Crippen LogP contribution < -0.4 is 5.32 Å². The second-order valence-corrected chi connectivity index (χ2v) is 5.01. The third-order valence-corrected chi connectivity index (χ3v) is 3.42. The van der Waals surface area contributed by atoms with Gasteiger partial charge in [-0.15, -0.1) is 0 Å². The fraction of sp³-hybridized carbons (Fsp3) is 0.167. The maximum atomic E-state index is 12.1. The minimum Gasteiger partial charge on any atom is -0.322 e. The molecule has 1 unspecified atom stereocenters. The molecule has 1 amide bonds. The fourth-order valence-corrected chi connectivity index (χ4v) is 2.09. The third-order valence-electron chi connectivity index (χ3n) is 2.79. The molecule has 1 heterocycles. The Morgan fingerprint density at radius 2 is 2.05 bits per heavy atom. The number of para-hydroxylation sites is 1. The Labute approximate surface area is 129 Å². The molecular formula is C12H10Cl2N4O3. The lowest BCUT2D eigenvalue weighted by molar-refractivity contribution is -0.385. The van der Waals surface area contributed by atoms with E-state index in [0.717, 1.165) is 6.20 Å². The first-order chi connectivity index (χ1) is 9.90. The monoisotopic (exact) mass is 328 g/mol. The maximum absolute atomic E-state index is 12.1. The Morgan fingerprint density at radius 1 is 1.43 bits per heavy atom. The molecule has 0 aliphatic rings. The minimum absolute atomic E-state index is 0.189. The van der Waals surface area contributed by atoms with Gasteiger partial charge in [0.05, 0.1) is 20.7 Å². The molecule has 0 radical (unpaired) electrons. The summed E-state index contributed by atoms with van der Waals surface area (Å²) < 4.78 is 1.19. The van der Waals surface area contributed by atoms with Gasteiger partial charge in [0.1, 0.15) is 18.4 Å². The number of carbonyl (C=O) groups is 1. The molecular weight excluding hydrogens is 319 g/mol. The zero-order valence-corrected chi connectivity index (χ0v) is 12.3. The quantitative estimate of drug-likeness (QED) is 0.688. The number of hydrogen-bond acceptors (Lipinski definition) is 4. The molecule has 0 saturated heterocycles. The first kappa shape index (κ1) is 15.3. The normalized spacial score (nSPS) is 12.0. The van der Waals surface area contributed by atoms with Gasteiger partial charge in [-0.1, -0.05) is 29.3 Å². The van der Waals surface area contributed by atoms with E-state index in [4.69, 9.17) is 23.2 Å². The first-order valence-electron chi connectivity index (χ1n) is 5.83. The zero-order chi connectivity index (χ0) is 15.6. The Hall–Kier alpha value is -2.12. The summed E-state index contributed by atoms with van der Waals surface area (Å²) in [6, 6.07) is 4.07. The molecule has 9 heteroatoms. The van der Waals surface area contributed by atoms with Crippen LogP contribution in [0.1, 0.15) is 13.0 Å². The molecule has 0 aliphatic carbocycles. The lowest BCUT2D eigenvalue weighted by Gasteiger charge is -2.14. The molecule has 1 aromatic carbocycles. The number of carbonyl (C=O) groups excluding carboxylic acids is 1. The van der Waals surface area contributed by atoms with Gasteiger partial charge in [-0.2, -0.15) is 5.10 Å². The van der Waals surface area contributed by atoms with E-state index in [1.54, 1.807) is 25.1 Å². The highest BCUT2D eigenvalue weighted by Crippen LogP contribution is 2.30. The highest BCUT2D eigenvalue weighted by Gasteiger charge is 2.20. The molecule has 21 heavy (non-hydrogen) atoms. The molecule has 2 rings (SSSR count). The lowest BCUT2D eigenvalue weighted by Crippen LogP contribution is -2.24. The van der Waals surface area contributed by atoms with E-state index in [1.807, 2.05) is 0 Å². The summed E-state index contributed by atoms with van der Waals surface area (Å²) >= 11 is 11.9. The van der Waals surface area contributed by atoms with Crippen LogP contribution in [-0.2, 0) is 4.79 Å². The predicted octanol–water partition coefficient (Wildman–Crippen LogP) is 3.30. The van der Waals surface area contributed by atoms with Crippen LogP contribution in [0, 0.1) is 10.1 Å². The van der Waals surface area contributed by atoms with Crippen molar-refractivity contribution >= 4 is 40.5 Å². The van der Waals surface area contributed by atoms with Crippen LogP contribution in [0.3, 0.4) is 0 Å². The van der Waals surface area contributed by atoms with Crippen molar-refractivity contribution in [3.8, 4) is 0 Å². The van der Waals surface area contributed by atoms with Crippen molar-refractivity contribution in [2.45, 2.75) is 13.0 Å². The van der Waals surface area contributed by atoms with Gasteiger partial charge in [0, 0.05) is 0 Å². The van der Waals surface area contributed by atoms with Crippen LogP contribution >= 0.6 is 23.2 Å². The zero-order valence-electron chi connectivity index (χ0n) is 10.8. The molecule has 0 aliphatic heterocycles. The van der Waals surface area contributed by atoms with Gasteiger partial charge in [0.2, 0.25) is 5.91 Å². The van der Waals surface area contributed by atoms with E-state index in [9.17, 15) is 14.9 Å². The maximum Gasteiger partial charge on any atom is 0.307 e. The smallest absolute Gasteiger partial charge is 0.307 e. The van der Waals surface area contributed by atoms with Gasteiger partial charge < -0.3 is 5.32 Å². The van der Waals surface area contributed by atoms with Crippen LogP contribution in [0.25, 0.3) is 0 Å². The summed E-state index contributed by atoms with van der Waals surface area (Å²) in [6.07, 6.45) is 2.25. The van der Waals surface area contributed by atoms with Gasteiger partial charge in [0.15, 0.2) is 0 Å². The van der Waals surface area contributed by atoms with E-state index >= 15 is 0 Å². The van der Waals surface area contributed by atoms with Crippen molar-refractivity contribution in [2.24, 2.45) is 0 Å². The number of anilines is 1. The lowest BCUT2D eigenvalue weighted by atomic mass is 10.2. The summed E-state index contributed by atoms with van der Waals surface area (Å²) in [4.78, 5) is 22.2. The van der Waals surface area contributed by atoms with Crippen molar-refractivity contribution in [3.05, 3.63) is 50.8 Å². The number of nitro groups is 1. The highest BCUT2D eigenvalue weighted by atomic mass is 35.5. The second kappa shape index (κ2) is 6.11. The molecule has 2 aromatic rings. The largest absolute Gasteiger partial charge is 0.322 e. The van der Waals surface area contributed by atoms with E-state index < -0.39 is 16.9 Å². The van der Waals surface area contributed by atoms with Crippen LogP contribution in [0.5, 0.6) is 0 Å². The van der Waals surface area contributed by atoms with Gasteiger partial charge in [0.25, 0.3) is 0 Å². The Morgan fingerprint density at radius 3 is 2.57 bits per heavy atom. The number of nitrogens with one attached hydrogen (secondary N) is 1. The van der Waals surface area contributed by atoms with Gasteiger partial charge in [-0.3, -0.25) is 19.6 Å². The molecule has 1 aromatic heterocycles. The summed E-state index contributed by atoms with van der Waals surface area (Å²) in [5, 5.41) is 17.6. The average Bonchev–Trinajstić information content (AvgIpc) is 2.92. The molecule has 110 valence electrons. The Kier molecular flexibility index (Phi) is 4.44. The molecule has 7 nitrogen and oxygen atoms in total. The van der Waals surface area contributed by atoms with Gasteiger partial charge in [-0.25, -0.2) is 0 Å². The molecule has 0 spiro atoms. The number of amides is 1. The Balaban J connectivity index is 2.17. The van der Waals surface area contributed by atoms with Crippen molar-refractivity contribution in [2.75, 3.05) is 5.32 Å². The number of aromatic nitrogens is 2. The molecule has 1 N–H and O–H groups in total. The van der Waals surface area contributed by atoms with Gasteiger partial charge >= 0.3 is 5.69 Å². The van der Waals surface area contributed by atoms with Crippen molar-refractivity contribution in [1.82, 2.24) is 9.78 Å². The summed E-state index contributed by atoms with van der Waals surface area (Å²) in [7, 11) is 0.